The van der Waals surface area contributed by atoms with Crippen molar-refractivity contribution in [1.29, 1.82) is 0 Å². The van der Waals surface area contributed by atoms with Crippen LogP contribution in [0.25, 0.3) is 0 Å². The number of carbonyl (C=O) groups excluding carboxylic acids is 1. The maximum absolute atomic E-state index is 10.6. The quantitative estimate of drug-likeness (QED) is 0.416. The highest BCUT2D eigenvalue weighted by Gasteiger charge is 2.18. The van der Waals surface area contributed by atoms with Crippen LogP contribution in [0.3, 0.4) is 0 Å². The second-order valence-electron chi connectivity index (χ2n) is 3.03. The van der Waals surface area contributed by atoms with Gasteiger partial charge in [-0.15, -0.1) is 0 Å². The fourth-order valence-electron chi connectivity index (χ4n) is 1.05. The fourth-order valence-corrected chi connectivity index (χ4v) is 1.05. The Balaban J connectivity index is 3.93. The molecule has 0 radical (unpaired) electrons. The highest BCUT2D eigenvalue weighted by atomic mass is 16.7. The zero-order chi connectivity index (χ0) is 11.7. The van der Waals surface area contributed by atoms with Crippen molar-refractivity contribution < 1.29 is 29.2 Å². The number of hydrogen-bond donors (Lipinski definition) is 2. The highest BCUT2D eigenvalue weighted by Crippen LogP contribution is 2.06. The molecule has 0 amide bonds. The summed E-state index contributed by atoms with van der Waals surface area (Å²) in [6, 6.07) is 0. The van der Waals surface area contributed by atoms with Crippen molar-refractivity contribution in [2.45, 2.75) is 25.6 Å². The Morgan fingerprint density at radius 3 is 2.27 bits per heavy atom. The first kappa shape index (κ1) is 14.3. The van der Waals surface area contributed by atoms with Crippen molar-refractivity contribution in [1.82, 2.24) is 0 Å². The van der Waals surface area contributed by atoms with E-state index in [0.29, 0.717) is 0 Å². The molecule has 2 atom stereocenters. The first-order chi connectivity index (χ1) is 7.13. The van der Waals surface area contributed by atoms with E-state index in [1.807, 2.05) is 0 Å². The van der Waals surface area contributed by atoms with E-state index in [9.17, 15) is 4.79 Å². The molecule has 0 saturated heterocycles. The Labute approximate surface area is 88.7 Å². The topological polar surface area (TPSA) is 85.2 Å². The third-order valence-electron chi connectivity index (χ3n) is 1.69. The van der Waals surface area contributed by atoms with Crippen LogP contribution in [0.4, 0.5) is 0 Å². The lowest BCUT2D eigenvalue weighted by Gasteiger charge is -2.20. The summed E-state index contributed by atoms with van der Waals surface area (Å²) < 4.78 is 14.5. The molecule has 6 heteroatoms. The number of methoxy groups -OCH3 is 1. The molecular weight excluding hydrogens is 204 g/mol. The van der Waals surface area contributed by atoms with E-state index in [-0.39, 0.29) is 26.4 Å². The zero-order valence-corrected chi connectivity index (χ0v) is 9.01. The molecule has 0 bridgehead atoms. The third-order valence-corrected chi connectivity index (χ3v) is 1.69. The predicted molar refractivity (Wildman–Crippen MR) is 51.1 cm³/mol. The lowest BCUT2D eigenvalue weighted by molar-refractivity contribution is -0.153. The van der Waals surface area contributed by atoms with E-state index in [2.05, 4.69) is 4.74 Å². The molecular formula is C9H18O6. The molecule has 6 nitrogen and oxygen atoms in total. The number of esters is 1. The van der Waals surface area contributed by atoms with Gasteiger partial charge in [-0.2, -0.15) is 0 Å². The number of ether oxygens (including phenoxy) is 3. The van der Waals surface area contributed by atoms with E-state index in [1.165, 1.54) is 14.0 Å². The van der Waals surface area contributed by atoms with Crippen molar-refractivity contribution in [3.8, 4) is 0 Å². The summed E-state index contributed by atoms with van der Waals surface area (Å²) in [5.41, 5.74) is 0. The maximum Gasteiger partial charge on any atom is 0.302 e. The predicted octanol–water partition coefficient (Wildman–Crippen LogP) is -0.718. The molecule has 0 aromatic carbocycles. The molecule has 0 aliphatic heterocycles. The van der Waals surface area contributed by atoms with Gasteiger partial charge in [-0.3, -0.25) is 4.79 Å². The van der Waals surface area contributed by atoms with Crippen LogP contribution in [0.1, 0.15) is 13.3 Å². The summed E-state index contributed by atoms with van der Waals surface area (Å²) in [4.78, 5) is 10.6. The second kappa shape index (κ2) is 8.60. The highest BCUT2D eigenvalue weighted by molar-refractivity contribution is 5.66. The lowest BCUT2D eigenvalue weighted by Crippen LogP contribution is -2.30. The van der Waals surface area contributed by atoms with Gasteiger partial charge in [0.25, 0.3) is 0 Å². The van der Waals surface area contributed by atoms with Crippen molar-refractivity contribution in [3.05, 3.63) is 0 Å². The molecule has 15 heavy (non-hydrogen) atoms. The van der Waals surface area contributed by atoms with Crippen LogP contribution < -0.4 is 0 Å². The Bertz CT molecular complexity index is 172. The van der Waals surface area contributed by atoms with Gasteiger partial charge in [-0.25, -0.2) is 0 Å². The van der Waals surface area contributed by atoms with Gasteiger partial charge < -0.3 is 24.4 Å². The molecule has 90 valence electrons. The minimum Gasteiger partial charge on any atom is -0.460 e. The minimum absolute atomic E-state index is 0.0451. The van der Waals surface area contributed by atoms with Crippen molar-refractivity contribution in [2.75, 3.05) is 27.1 Å². The van der Waals surface area contributed by atoms with Gasteiger partial charge in [0.1, 0.15) is 12.9 Å². The number of hydrogen-bond acceptors (Lipinski definition) is 6. The summed E-state index contributed by atoms with van der Waals surface area (Å²) in [6.45, 7) is 0.781. The Morgan fingerprint density at radius 1 is 1.27 bits per heavy atom. The van der Waals surface area contributed by atoms with Gasteiger partial charge in [0.2, 0.25) is 0 Å². The van der Waals surface area contributed by atoms with Crippen LogP contribution in [-0.2, 0) is 19.0 Å². The smallest absolute Gasteiger partial charge is 0.302 e. The van der Waals surface area contributed by atoms with Crippen molar-refractivity contribution >= 4 is 5.97 Å². The molecule has 0 aliphatic carbocycles. The van der Waals surface area contributed by atoms with Crippen LogP contribution in [0.5, 0.6) is 0 Å². The first-order valence-electron chi connectivity index (χ1n) is 4.63. The summed E-state index contributed by atoms with van der Waals surface area (Å²) in [6.07, 6.45) is -0.936. The van der Waals surface area contributed by atoms with Crippen LogP contribution in [0.15, 0.2) is 0 Å². The molecule has 0 spiro atoms. The Morgan fingerprint density at radius 2 is 1.87 bits per heavy atom. The van der Waals surface area contributed by atoms with Gasteiger partial charge in [0.05, 0.1) is 19.3 Å². The van der Waals surface area contributed by atoms with Crippen molar-refractivity contribution in [3.63, 3.8) is 0 Å². The van der Waals surface area contributed by atoms with Gasteiger partial charge in [-0.1, -0.05) is 0 Å². The summed E-state index contributed by atoms with van der Waals surface area (Å²) in [7, 11) is 1.46. The van der Waals surface area contributed by atoms with Gasteiger partial charge in [0.15, 0.2) is 0 Å². The zero-order valence-electron chi connectivity index (χ0n) is 9.01. The average molecular weight is 222 g/mol. The molecule has 0 fully saturated rings. The van der Waals surface area contributed by atoms with Gasteiger partial charge in [-0.05, 0) is 0 Å². The standard InChI is InChI=1S/C9H18O6/c1-7(12)15-9(5-11)3-8(4-10)14-6-13-2/h8-11H,3-6H2,1-2H3/t8-,9+/m0/s1. The van der Waals surface area contributed by atoms with Crippen LogP contribution in [0, 0.1) is 0 Å². The average Bonchev–Trinajstić information content (AvgIpc) is 2.21. The number of aliphatic hydroxyl groups is 2. The molecule has 0 aromatic rings. The number of rotatable bonds is 8. The Kier molecular flexibility index (Phi) is 8.21. The van der Waals surface area contributed by atoms with Crippen molar-refractivity contribution in [2.24, 2.45) is 0 Å². The second-order valence-corrected chi connectivity index (χ2v) is 3.03. The summed E-state index contributed by atoms with van der Waals surface area (Å²) in [5, 5.41) is 17.8. The molecule has 0 heterocycles. The van der Waals surface area contributed by atoms with E-state index < -0.39 is 18.2 Å². The molecule has 0 rings (SSSR count). The normalized spacial score (nSPS) is 14.7. The lowest BCUT2D eigenvalue weighted by atomic mass is 10.2. The Hall–Kier alpha value is -0.690. The summed E-state index contributed by atoms with van der Waals surface area (Å²) >= 11 is 0. The van der Waals surface area contributed by atoms with Gasteiger partial charge in [0, 0.05) is 20.5 Å². The van der Waals surface area contributed by atoms with Crippen LogP contribution in [-0.4, -0.2) is 55.5 Å². The van der Waals surface area contributed by atoms with Gasteiger partial charge >= 0.3 is 5.97 Å². The van der Waals surface area contributed by atoms with E-state index in [1.54, 1.807) is 0 Å². The number of aliphatic hydroxyl groups excluding tert-OH is 2. The minimum atomic E-state index is -0.656. The molecule has 0 aromatic heterocycles. The largest absolute Gasteiger partial charge is 0.460 e. The van der Waals surface area contributed by atoms with E-state index >= 15 is 0 Å². The molecule has 0 aliphatic rings. The monoisotopic (exact) mass is 222 g/mol. The first-order valence-corrected chi connectivity index (χ1v) is 4.63. The van der Waals surface area contributed by atoms with Crippen LogP contribution >= 0.6 is 0 Å². The third kappa shape index (κ3) is 7.26. The summed E-state index contributed by atoms with van der Waals surface area (Å²) in [5.74, 6) is -0.475. The molecule has 0 saturated carbocycles. The number of carbonyl (C=O) groups is 1. The van der Waals surface area contributed by atoms with E-state index in [4.69, 9.17) is 19.7 Å². The molecule has 2 N–H and O–H groups in total. The van der Waals surface area contributed by atoms with E-state index in [0.717, 1.165) is 0 Å². The fraction of sp³-hybridized carbons (Fsp3) is 0.889. The maximum atomic E-state index is 10.6. The SMILES string of the molecule is COCO[C@H](CO)C[C@H](CO)OC(C)=O. The van der Waals surface area contributed by atoms with Crippen LogP contribution in [0.2, 0.25) is 0 Å². The molecule has 0 unspecified atom stereocenters.